The summed E-state index contributed by atoms with van der Waals surface area (Å²) < 4.78 is 0. The van der Waals surface area contributed by atoms with Crippen LogP contribution in [-0.4, -0.2) is 17.1 Å². The number of aliphatic hydroxyl groups is 1. The van der Waals surface area contributed by atoms with Crippen LogP contribution in [0.3, 0.4) is 0 Å². The number of thioether (sulfide) groups is 1. The Morgan fingerprint density at radius 2 is 2.27 bits per heavy atom. The molecule has 2 nitrogen and oxygen atoms in total. The van der Waals surface area contributed by atoms with Crippen molar-refractivity contribution in [1.29, 1.82) is 0 Å². The molecule has 0 saturated heterocycles. The number of benzene rings is 1. The third kappa shape index (κ3) is 2.83. The van der Waals surface area contributed by atoms with E-state index in [1.165, 1.54) is 6.92 Å². The van der Waals surface area contributed by atoms with E-state index in [9.17, 15) is 9.90 Å². The number of hydrogen-bond donors (Lipinski definition) is 1. The highest BCUT2D eigenvalue weighted by molar-refractivity contribution is 9.09. The number of rotatable bonds is 4. The SMILES string of the molecule is CSc1cccc(C(Br)C(C)=O)c1CO. The Bertz CT molecular complexity index is 366. The standard InChI is InChI=1S/C11H13BrO2S/c1-7(14)11(12)8-4-3-5-10(15-2)9(8)6-13/h3-5,11,13H,6H2,1-2H3. The van der Waals surface area contributed by atoms with E-state index >= 15 is 0 Å². The van der Waals surface area contributed by atoms with Crippen molar-refractivity contribution >= 4 is 33.5 Å². The van der Waals surface area contributed by atoms with Crippen molar-refractivity contribution in [1.82, 2.24) is 0 Å². The van der Waals surface area contributed by atoms with Gasteiger partial charge in [0.1, 0.15) is 5.78 Å². The zero-order valence-corrected chi connectivity index (χ0v) is 11.1. The number of aliphatic hydroxyl groups excluding tert-OH is 1. The lowest BCUT2D eigenvalue weighted by atomic mass is 10.0. The zero-order valence-electron chi connectivity index (χ0n) is 8.66. The summed E-state index contributed by atoms with van der Waals surface area (Å²) in [7, 11) is 0. The van der Waals surface area contributed by atoms with Crippen LogP contribution >= 0.6 is 27.7 Å². The minimum Gasteiger partial charge on any atom is -0.392 e. The zero-order chi connectivity index (χ0) is 11.4. The molecule has 4 heteroatoms. The van der Waals surface area contributed by atoms with E-state index in [0.29, 0.717) is 0 Å². The molecule has 0 fully saturated rings. The lowest BCUT2D eigenvalue weighted by Gasteiger charge is -2.14. The summed E-state index contributed by atoms with van der Waals surface area (Å²) in [6.45, 7) is 1.49. The number of alkyl halides is 1. The van der Waals surface area contributed by atoms with Gasteiger partial charge in [-0.25, -0.2) is 0 Å². The summed E-state index contributed by atoms with van der Waals surface area (Å²) in [5.41, 5.74) is 1.69. The predicted molar refractivity (Wildman–Crippen MR) is 66.5 cm³/mol. The van der Waals surface area contributed by atoms with Crippen molar-refractivity contribution in [2.45, 2.75) is 23.3 Å². The summed E-state index contributed by atoms with van der Waals surface area (Å²) in [5.74, 6) is 0.0444. The van der Waals surface area contributed by atoms with Gasteiger partial charge in [0, 0.05) is 4.90 Å². The summed E-state index contributed by atoms with van der Waals surface area (Å²) >= 11 is 4.91. The topological polar surface area (TPSA) is 37.3 Å². The fourth-order valence-corrected chi connectivity index (χ4v) is 2.47. The minimum atomic E-state index is -0.327. The van der Waals surface area contributed by atoms with Gasteiger partial charge in [0.2, 0.25) is 0 Å². The average Bonchev–Trinajstić information content (AvgIpc) is 2.26. The van der Waals surface area contributed by atoms with Gasteiger partial charge in [-0.05, 0) is 30.4 Å². The van der Waals surface area contributed by atoms with Crippen LogP contribution in [0, 0.1) is 0 Å². The number of halogens is 1. The van der Waals surface area contributed by atoms with Gasteiger partial charge in [-0.15, -0.1) is 11.8 Å². The van der Waals surface area contributed by atoms with Gasteiger partial charge < -0.3 is 5.11 Å². The van der Waals surface area contributed by atoms with E-state index in [4.69, 9.17) is 0 Å². The van der Waals surface area contributed by atoms with Crippen LogP contribution in [0.1, 0.15) is 22.9 Å². The van der Waals surface area contributed by atoms with E-state index in [2.05, 4.69) is 15.9 Å². The molecule has 1 aromatic carbocycles. The van der Waals surface area contributed by atoms with Gasteiger partial charge in [-0.2, -0.15) is 0 Å². The van der Waals surface area contributed by atoms with Crippen LogP contribution in [-0.2, 0) is 11.4 Å². The first kappa shape index (κ1) is 12.7. The highest BCUT2D eigenvalue weighted by Crippen LogP contribution is 2.32. The number of ketones is 1. The van der Waals surface area contributed by atoms with Crippen molar-refractivity contribution in [3.8, 4) is 0 Å². The molecule has 0 aliphatic heterocycles. The molecule has 0 aromatic heterocycles. The van der Waals surface area contributed by atoms with Crippen LogP contribution in [0.2, 0.25) is 0 Å². The normalized spacial score (nSPS) is 12.5. The summed E-state index contributed by atoms with van der Waals surface area (Å²) in [6, 6.07) is 5.71. The molecule has 1 unspecified atom stereocenters. The monoisotopic (exact) mass is 288 g/mol. The Kier molecular flexibility index (Phi) is 4.83. The molecular weight excluding hydrogens is 276 g/mol. The molecule has 1 aromatic rings. The van der Waals surface area contributed by atoms with Crippen molar-refractivity contribution in [3.63, 3.8) is 0 Å². The second-order valence-corrected chi connectivity index (χ2v) is 4.92. The van der Waals surface area contributed by atoms with Crippen molar-refractivity contribution in [2.24, 2.45) is 0 Å². The Labute approximate surface area is 102 Å². The quantitative estimate of drug-likeness (QED) is 0.684. The Morgan fingerprint density at radius 1 is 1.60 bits per heavy atom. The fraction of sp³-hybridized carbons (Fsp3) is 0.364. The molecule has 82 valence electrons. The molecule has 0 aliphatic rings. The lowest BCUT2D eigenvalue weighted by Crippen LogP contribution is -2.05. The van der Waals surface area contributed by atoms with Gasteiger partial charge in [-0.3, -0.25) is 4.79 Å². The smallest absolute Gasteiger partial charge is 0.147 e. The van der Waals surface area contributed by atoms with Gasteiger partial charge in [0.05, 0.1) is 11.4 Å². The van der Waals surface area contributed by atoms with Crippen molar-refractivity contribution < 1.29 is 9.90 Å². The van der Waals surface area contributed by atoms with Crippen LogP contribution in [0.15, 0.2) is 23.1 Å². The Balaban J connectivity index is 3.22. The van der Waals surface area contributed by atoms with Gasteiger partial charge in [-0.1, -0.05) is 28.1 Å². The first-order valence-corrected chi connectivity index (χ1v) is 6.67. The first-order chi connectivity index (χ1) is 7.11. The maximum absolute atomic E-state index is 11.3. The van der Waals surface area contributed by atoms with Gasteiger partial charge in [0.15, 0.2) is 0 Å². The van der Waals surface area contributed by atoms with Crippen LogP contribution in [0.4, 0.5) is 0 Å². The van der Waals surface area contributed by atoms with E-state index < -0.39 is 0 Å². The molecule has 0 bridgehead atoms. The van der Waals surface area contributed by atoms with E-state index in [1.807, 2.05) is 24.5 Å². The second kappa shape index (κ2) is 5.68. The number of carbonyl (C=O) groups is 1. The molecule has 1 atom stereocenters. The minimum absolute atomic E-state index is 0.0400. The highest BCUT2D eigenvalue weighted by Gasteiger charge is 2.17. The molecule has 0 spiro atoms. The summed E-state index contributed by atoms with van der Waals surface area (Å²) in [4.78, 5) is 12.0. The summed E-state index contributed by atoms with van der Waals surface area (Å²) in [6.07, 6.45) is 1.95. The van der Waals surface area contributed by atoms with Crippen LogP contribution in [0.5, 0.6) is 0 Å². The lowest BCUT2D eigenvalue weighted by molar-refractivity contribution is -0.116. The molecule has 0 saturated carbocycles. The highest BCUT2D eigenvalue weighted by atomic mass is 79.9. The summed E-state index contributed by atoms with van der Waals surface area (Å²) in [5, 5.41) is 9.32. The van der Waals surface area contributed by atoms with E-state index in [0.717, 1.165) is 16.0 Å². The number of carbonyl (C=O) groups excluding carboxylic acids is 1. The maximum Gasteiger partial charge on any atom is 0.147 e. The molecule has 1 N–H and O–H groups in total. The van der Waals surface area contributed by atoms with Crippen molar-refractivity contribution in [3.05, 3.63) is 29.3 Å². The van der Waals surface area contributed by atoms with Crippen LogP contribution in [0.25, 0.3) is 0 Å². The molecule has 1 rings (SSSR count). The second-order valence-electron chi connectivity index (χ2n) is 3.16. The molecular formula is C11H13BrO2S. The van der Waals surface area contributed by atoms with E-state index in [-0.39, 0.29) is 17.2 Å². The largest absolute Gasteiger partial charge is 0.392 e. The first-order valence-electron chi connectivity index (χ1n) is 4.53. The van der Waals surface area contributed by atoms with Gasteiger partial charge >= 0.3 is 0 Å². The average molecular weight is 289 g/mol. The molecule has 0 amide bonds. The Hall–Kier alpha value is -0.320. The number of Topliss-reactive ketones (excluding diaryl/α,β-unsaturated/α-hetero) is 1. The molecule has 0 radical (unpaired) electrons. The van der Waals surface area contributed by atoms with Crippen molar-refractivity contribution in [2.75, 3.05) is 6.26 Å². The number of hydrogen-bond acceptors (Lipinski definition) is 3. The van der Waals surface area contributed by atoms with Crippen LogP contribution < -0.4 is 0 Å². The predicted octanol–water partition coefficient (Wildman–Crippen LogP) is 2.93. The third-order valence-corrected chi connectivity index (χ3v) is 4.14. The van der Waals surface area contributed by atoms with E-state index in [1.54, 1.807) is 11.8 Å². The fourth-order valence-electron chi connectivity index (χ4n) is 1.40. The van der Waals surface area contributed by atoms with Gasteiger partial charge in [0.25, 0.3) is 0 Å². The molecule has 0 heterocycles. The Morgan fingerprint density at radius 3 is 2.73 bits per heavy atom. The maximum atomic E-state index is 11.3. The molecule has 0 aliphatic carbocycles. The third-order valence-electron chi connectivity index (χ3n) is 2.18. The molecule has 15 heavy (non-hydrogen) atoms.